The van der Waals surface area contributed by atoms with E-state index in [2.05, 4.69) is 144 Å². The van der Waals surface area contributed by atoms with Crippen molar-refractivity contribution in [3.8, 4) is 23.0 Å². The zero-order valence-electron chi connectivity index (χ0n) is 31.0. The van der Waals surface area contributed by atoms with E-state index in [-0.39, 0.29) is 23.0 Å². The molecule has 0 heterocycles. The van der Waals surface area contributed by atoms with Crippen LogP contribution in [0.2, 0.25) is 0 Å². The lowest BCUT2D eigenvalue weighted by molar-refractivity contribution is -0.0840. The molecule has 3 nitrogen and oxygen atoms in total. The molecule has 4 unspecified atom stereocenters. The molecule has 5 heteroatoms. The van der Waals surface area contributed by atoms with E-state index in [1.165, 1.54) is 22.3 Å². The second kappa shape index (κ2) is 17.8. The molecule has 0 fully saturated rings. The maximum Gasteiger partial charge on any atom is 0.127 e. The number of benzene rings is 6. The minimum atomic E-state index is -0.304. The van der Waals surface area contributed by atoms with Crippen molar-refractivity contribution in [3.05, 3.63) is 189 Å². The van der Waals surface area contributed by atoms with Crippen molar-refractivity contribution in [2.75, 3.05) is 0 Å². The highest BCUT2D eigenvalue weighted by atomic mass is 79.9. The maximum atomic E-state index is 7.75. The number of rotatable bonds is 16. The van der Waals surface area contributed by atoms with E-state index in [0.717, 1.165) is 44.8 Å². The van der Waals surface area contributed by atoms with Crippen molar-refractivity contribution in [2.24, 2.45) is 0 Å². The van der Waals surface area contributed by atoms with Gasteiger partial charge in [-0.2, -0.15) is 0 Å². The SMILES string of the molecule is CCC(C)(c1ccc(Br)cc1)C(Cc1cccc(Oc2ccccc2)c1)OC(Cc1cccc(Oc2ccccc2)c1)C(C)(CC)c1ccc(Br)cc1. The summed E-state index contributed by atoms with van der Waals surface area (Å²) in [6.45, 7) is 9.28. The fourth-order valence-electron chi connectivity index (χ4n) is 7.09. The Morgan fingerprint density at radius 1 is 0.453 bits per heavy atom. The van der Waals surface area contributed by atoms with E-state index in [9.17, 15) is 0 Å². The van der Waals surface area contributed by atoms with Crippen LogP contribution in [0.3, 0.4) is 0 Å². The van der Waals surface area contributed by atoms with E-state index in [0.29, 0.717) is 12.8 Å². The molecule has 0 aliphatic carbocycles. The summed E-state index contributed by atoms with van der Waals surface area (Å²) in [7, 11) is 0. The molecule has 6 aromatic carbocycles. The molecule has 0 radical (unpaired) electrons. The van der Waals surface area contributed by atoms with Crippen LogP contribution in [-0.4, -0.2) is 12.2 Å². The predicted molar refractivity (Wildman–Crippen MR) is 226 cm³/mol. The van der Waals surface area contributed by atoms with Crippen LogP contribution in [0.5, 0.6) is 23.0 Å². The average Bonchev–Trinajstić information content (AvgIpc) is 3.18. The van der Waals surface area contributed by atoms with Crippen molar-refractivity contribution in [3.63, 3.8) is 0 Å². The molecule has 0 spiro atoms. The van der Waals surface area contributed by atoms with Gasteiger partial charge in [-0.25, -0.2) is 0 Å². The van der Waals surface area contributed by atoms with Gasteiger partial charge in [-0.3, -0.25) is 0 Å². The lowest BCUT2D eigenvalue weighted by Crippen LogP contribution is -2.48. The average molecular weight is 833 g/mol. The summed E-state index contributed by atoms with van der Waals surface area (Å²) < 4.78 is 22.5. The Labute approximate surface area is 332 Å². The quantitative estimate of drug-likeness (QED) is 0.0972. The summed E-state index contributed by atoms with van der Waals surface area (Å²) in [5.41, 5.74) is 4.23. The van der Waals surface area contributed by atoms with Crippen LogP contribution in [0, 0.1) is 0 Å². The van der Waals surface area contributed by atoms with E-state index in [1.807, 2.05) is 72.8 Å². The third kappa shape index (κ3) is 9.69. The van der Waals surface area contributed by atoms with Gasteiger partial charge in [0.15, 0.2) is 0 Å². The van der Waals surface area contributed by atoms with Crippen molar-refractivity contribution >= 4 is 31.9 Å². The number of halogens is 2. The van der Waals surface area contributed by atoms with Crippen LogP contribution in [0.1, 0.15) is 62.8 Å². The van der Waals surface area contributed by atoms with Gasteiger partial charge in [0.05, 0.1) is 12.2 Å². The minimum absolute atomic E-state index is 0.171. The van der Waals surface area contributed by atoms with Gasteiger partial charge in [-0.1, -0.05) is 144 Å². The highest BCUT2D eigenvalue weighted by Gasteiger charge is 2.42. The van der Waals surface area contributed by atoms with Crippen molar-refractivity contribution < 1.29 is 14.2 Å². The Hall–Kier alpha value is -4.16. The normalized spacial score (nSPS) is 14.8. The van der Waals surface area contributed by atoms with Crippen LogP contribution in [0.25, 0.3) is 0 Å². The Morgan fingerprint density at radius 3 is 1.17 bits per heavy atom. The lowest BCUT2D eigenvalue weighted by atomic mass is 9.71. The molecule has 4 atom stereocenters. The summed E-state index contributed by atoms with van der Waals surface area (Å²) in [5.74, 6) is 3.26. The van der Waals surface area contributed by atoms with Crippen molar-refractivity contribution in [1.29, 1.82) is 0 Å². The molecule has 53 heavy (non-hydrogen) atoms. The first-order valence-electron chi connectivity index (χ1n) is 18.5. The fourth-order valence-corrected chi connectivity index (χ4v) is 7.62. The van der Waals surface area contributed by atoms with Crippen molar-refractivity contribution in [2.45, 2.75) is 76.4 Å². The monoisotopic (exact) mass is 830 g/mol. The first kappa shape index (κ1) is 38.6. The first-order chi connectivity index (χ1) is 25.7. The van der Waals surface area contributed by atoms with Crippen LogP contribution in [-0.2, 0) is 28.4 Å². The third-order valence-electron chi connectivity index (χ3n) is 10.8. The topological polar surface area (TPSA) is 27.7 Å². The molecule has 0 amide bonds. The molecule has 0 saturated heterocycles. The summed E-state index contributed by atoms with van der Waals surface area (Å²) >= 11 is 7.34. The van der Waals surface area contributed by atoms with Gasteiger partial charge in [-0.15, -0.1) is 0 Å². The summed E-state index contributed by atoms with van der Waals surface area (Å²) in [5, 5.41) is 0. The summed E-state index contributed by atoms with van der Waals surface area (Å²) in [4.78, 5) is 0. The largest absolute Gasteiger partial charge is 0.457 e. The zero-order chi connectivity index (χ0) is 37.3. The Bertz CT molecular complexity index is 1880. The van der Waals surface area contributed by atoms with Crippen LogP contribution >= 0.6 is 31.9 Å². The molecule has 6 aromatic rings. The van der Waals surface area contributed by atoms with Crippen LogP contribution in [0.15, 0.2) is 167 Å². The predicted octanol–water partition coefficient (Wildman–Crippen LogP) is 14.1. The molecule has 272 valence electrons. The number of ether oxygens (including phenoxy) is 3. The molecular formula is C48H48Br2O3. The fraction of sp³-hybridized carbons (Fsp3) is 0.250. The van der Waals surface area contributed by atoms with E-state index in [4.69, 9.17) is 14.2 Å². The zero-order valence-corrected chi connectivity index (χ0v) is 34.1. The second-order valence-corrected chi connectivity index (χ2v) is 16.0. The molecule has 0 N–H and O–H groups in total. The van der Waals surface area contributed by atoms with Crippen molar-refractivity contribution in [1.82, 2.24) is 0 Å². The number of hydrogen-bond donors (Lipinski definition) is 0. The minimum Gasteiger partial charge on any atom is -0.457 e. The first-order valence-corrected chi connectivity index (χ1v) is 20.1. The second-order valence-electron chi connectivity index (χ2n) is 14.2. The van der Waals surface area contributed by atoms with E-state index >= 15 is 0 Å². The van der Waals surface area contributed by atoms with E-state index in [1.54, 1.807) is 0 Å². The molecule has 0 bridgehead atoms. The standard InChI is InChI=1S/C48H48Br2O3/c1-5-47(3,37-23-27-39(49)28-24-37)45(33-35-15-13-21-43(31-35)51-41-17-9-7-10-18-41)53-46(48(4,6-2)38-25-29-40(50)30-26-38)34-36-16-14-22-44(32-36)52-42-19-11-8-12-20-42/h7-32,45-46H,5-6,33-34H2,1-4H3. The smallest absolute Gasteiger partial charge is 0.127 e. The number of para-hydroxylation sites is 2. The molecule has 0 aliphatic heterocycles. The molecule has 0 saturated carbocycles. The van der Waals surface area contributed by atoms with Gasteiger partial charge in [0.25, 0.3) is 0 Å². The van der Waals surface area contributed by atoms with Gasteiger partial charge < -0.3 is 14.2 Å². The molecule has 0 aliphatic rings. The molecule has 6 rings (SSSR count). The third-order valence-corrected chi connectivity index (χ3v) is 11.9. The van der Waals surface area contributed by atoms with Gasteiger partial charge in [0.1, 0.15) is 23.0 Å². The summed E-state index contributed by atoms with van der Waals surface area (Å²) in [6, 6.07) is 54.4. The van der Waals surface area contributed by atoms with Gasteiger partial charge in [-0.05, 0) is 121 Å². The highest BCUT2D eigenvalue weighted by Crippen LogP contribution is 2.42. The summed E-state index contributed by atoms with van der Waals surface area (Å²) in [6.07, 6.45) is 2.87. The maximum absolute atomic E-state index is 7.75. The number of hydrogen-bond acceptors (Lipinski definition) is 3. The highest BCUT2D eigenvalue weighted by molar-refractivity contribution is 9.10. The van der Waals surface area contributed by atoms with Gasteiger partial charge in [0, 0.05) is 19.8 Å². The van der Waals surface area contributed by atoms with E-state index < -0.39 is 0 Å². The molecular weight excluding hydrogens is 784 g/mol. The lowest BCUT2D eigenvalue weighted by Gasteiger charge is -2.45. The van der Waals surface area contributed by atoms with Crippen LogP contribution < -0.4 is 9.47 Å². The Morgan fingerprint density at radius 2 is 0.811 bits per heavy atom. The van der Waals surface area contributed by atoms with Crippen LogP contribution in [0.4, 0.5) is 0 Å². The van der Waals surface area contributed by atoms with Gasteiger partial charge >= 0.3 is 0 Å². The Balaban J connectivity index is 1.41. The molecule has 0 aromatic heterocycles. The van der Waals surface area contributed by atoms with Gasteiger partial charge in [0.2, 0.25) is 0 Å². The Kier molecular flexibility index (Phi) is 12.9.